The van der Waals surface area contributed by atoms with Crippen molar-refractivity contribution in [3.63, 3.8) is 0 Å². The Kier molecular flexibility index (Phi) is 2.94. The molecular formula is C9H17N. The Morgan fingerprint density at radius 2 is 2.40 bits per heavy atom. The third-order valence-corrected chi connectivity index (χ3v) is 2.29. The van der Waals surface area contributed by atoms with Crippen LogP contribution in [0.15, 0.2) is 12.2 Å². The Bertz CT molecular complexity index is 118. The van der Waals surface area contributed by atoms with Gasteiger partial charge in [0, 0.05) is 6.04 Å². The summed E-state index contributed by atoms with van der Waals surface area (Å²) >= 11 is 0. The highest BCUT2D eigenvalue weighted by molar-refractivity contribution is 4.97. The summed E-state index contributed by atoms with van der Waals surface area (Å²) in [6, 6.07) is 0.721. The van der Waals surface area contributed by atoms with E-state index < -0.39 is 0 Å². The van der Waals surface area contributed by atoms with Crippen molar-refractivity contribution in [2.75, 3.05) is 13.6 Å². The SMILES string of the molecule is CCN(C)C1C=CCCC1. The monoisotopic (exact) mass is 139 g/mol. The molecule has 10 heavy (non-hydrogen) atoms. The molecule has 0 bridgehead atoms. The molecule has 0 amide bonds. The highest BCUT2D eigenvalue weighted by Gasteiger charge is 2.10. The number of rotatable bonds is 2. The highest BCUT2D eigenvalue weighted by atomic mass is 15.1. The quantitative estimate of drug-likeness (QED) is 0.529. The largest absolute Gasteiger partial charge is 0.300 e. The smallest absolute Gasteiger partial charge is 0.0275 e. The lowest BCUT2D eigenvalue weighted by Gasteiger charge is -2.25. The van der Waals surface area contributed by atoms with E-state index in [1.54, 1.807) is 0 Å². The molecule has 0 N–H and O–H groups in total. The molecule has 1 unspecified atom stereocenters. The maximum Gasteiger partial charge on any atom is 0.0275 e. The van der Waals surface area contributed by atoms with E-state index in [0.29, 0.717) is 0 Å². The fourth-order valence-corrected chi connectivity index (χ4v) is 1.40. The third-order valence-electron chi connectivity index (χ3n) is 2.29. The number of likely N-dealkylation sites (N-methyl/N-ethyl adjacent to an activating group) is 1. The molecule has 0 saturated carbocycles. The second-order valence-electron chi connectivity index (χ2n) is 3.00. The molecule has 0 saturated heterocycles. The molecule has 1 heteroatoms. The standard InChI is InChI=1S/C9H17N/c1-3-10(2)9-7-5-4-6-8-9/h5,7,9H,3-4,6,8H2,1-2H3. The molecule has 0 spiro atoms. The van der Waals surface area contributed by atoms with Crippen molar-refractivity contribution in [2.45, 2.75) is 32.2 Å². The fourth-order valence-electron chi connectivity index (χ4n) is 1.40. The Hall–Kier alpha value is -0.300. The number of allylic oxidation sites excluding steroid dienone is 1. The Balaban J connectivity index is 2.38. The Morgan fingerprint density at radius 1 is 1.60 bits per heavy atom. The maximum absolute atomic E-state index is 2.40. The van der Waals surface area contributed by atoms with Crippen molar-refractivity contribution in [1.82, 2.24) is 4.90 Å². The summed E-state index contributed by atoms with van der Waals surface area (Å²) in [4.78, 5) is 2.40. The molecule has 0 aromatic carbocycles. The summed E-state index contributed by atoms with van der Waals surface area (Å²) in [5.74, 6) is 0. The van der Waals surface area contributed by atoms with Gasteiger partial charge in [0.25, 0.3) is 0 Å². The zero-order chi connectivity index (χ0) is 7.40. The molecule has 0 heterocycles. The lowest BCUT2D eigenvalue weighted by molar-refractivity contribution is 0.275. The Morgan fingerprint density at radius 3 is 2.90 bits per heavy atom. The molecule has 1 aliphatic rings. The van der Waals surface area contributed by atoms with Crippen LogP contribution in [0.4, 0.5) is 0 Å². The van der Waals surface area contributed by atoms with E-state index in [9.17, 15) is 0 Å². The van der Waals surface area contributed by atoms with Gasteiger partial charge in [0.05, 0.1) is 0 Å². The number of hydrogen-bond acceptors (Lipinski definition) is 1. The van der Waals surface area contributed by atoms with E-state index in [1.165, 1.54) is 19.3 Å². The first-order chi connectivity index (χ1) is 4.84. The lowest BCUT2D eigenvalue weighted by Crippen LogP contribution is -2.30. The minimum Gasteiger partial charge on any atom is -0.300 e. The predicted molar refractivity (Wildman–Crippen MR) is 45.1 cm³/mol. The first kappa shape index (κ1) is 7.80. The topological polar surface area (TPSA) is 3.24 Å². The normalized spacial score (nSPS) is 25.7. The summed E-state index contributed by atoms with van der Waals surface area (Å²) in [7, 11) is 2.19. The van der Waals surface area contributed by atoms with Crippen molar-refractivity contribution in [2.24, 2.45) is 0 Å². The molecule has 1 nitrogen and oxygen atoms in total. The van der Waals surface area contributed by atoms with Crippen LogP contribution in [0.25, 0.3) is 0 Å². The second kappa shape index (κ2) is 3.77. The van der Waals surface area contributed by atoms with Gasteiger partial charge in [0.2, 0.25) is 0 Å². The van der Waals surface area contributed by atoms with Crippen molar-refractivity contribution in [3.05, 3.63) is 12.2 Å². The van der Waals surface area contributed by atoms with Gasteiger partial charge in [0.15, 0.2) is 0 Å². The van der Waals surface area contributed by atoms with Gasteiger partial charge in [-0.05, 0) is 32.9 Å². The second-order valence-corrected chi connectivity index (χ2v) is 3.00. The molecule has 1 aliphatic carbocycles. The van der Waals surface area contributed by atoms with Crippen molar-refractivity contribution in [3.8, 4) is 0 Å². The summed E-state index contributed by atoms with van der Waals surface area (Å²) in [6.45, 7) is 3.37. The predicted octanol–water partition coefficient (Wildman–Crippen LogP) is 2.05. The summed E-state index contributed by atoms with van der Waals surface area (Å²) in [6.07, 6.45) is 8.65. The van der Waals surface area contributed by atoms with Crippen LogP contribution in [-0.2, 0) is 0 Å². The van der Waals surface area contributed by atoms with Crippen molar-refractivity contribution in [1.29, 1.82) is 0 Å². The fraction of sp³-hybridized carbons (Fsp3) is 0.778. The first-order valence-electron chi connectivity index (χ1n) is 4.21. The molecule has 58 valence electrons. The first-order valence-corrected chi connectivity index (χ1v) is 4.21. The van der Waals surface area contributed by atoms with Gasteiger partial charge in [-0.2, -0.15) is 0 Å². The third kappa shape index (κ3) is 1.84. The van der Waals surface area contributed by atoms with Gasteiger partial charge in [-0.15, -0.1) is 0 Å². The highest BCUT2D eigenvalue weighted by Crippen LogP contribution is 2.14. The summed E-state index contributed by atoms with van der Waals surface area (Å²) in [5.41, 5.74) is 0. The van der Waals surface area contributed by atoms with Crippen LogP contribution in [0.1, 0.15) is 26.2 Å². The van der Waals surface area contributed by atoms with Gasteiger partial charge in [-0.1, -0.05) is 19.1 Å². The minimum absolute atomic E-state index is 0.721. The number of nitrogens with zero attached hydrogens (tertiary/aromatic N) is 1. The molecule has 1 atom stereocenters. The van der Waals surface area contributed by atoms with Crippen LogP contribution >= 0.6 is 0 Å². The zero-order valence-corrected chi connectivity index (χ0v) is 7.01. The molecule has 0 aromatic rings. The van der Waals surface area contributed by atoms with Crippen LogP contribution in [0, 0.1) is 0 Å². The van der Waals surface area contributed by atoms with Gasteiger partial charge in [-0.3, -0.25) is 0 Å². The maximum atomic E-state index is 2.40. The van der Waals surface area contributed by atoms with Crippen LogP contribution in [0.3, 0.4) is 0 Å². The average Bonchev–Trinajstić information content (AvgIpc) is 2.05. The molecule has 0 aliphatic heterocycles. The summed E-state index contributed by atoms with van der Waals surface area (Å²) in [5, 5.41) is 0. The summed E-state index contributed by atoms with van der Waals surface area (Å²) < 4.78 is 0. The molecule has 0 fully saturated rings. The molecule has 0 aromatic heterocycles. The number of hydrogen-bond donors (Lipinski definition) is 0. The van der Waals surface area contributed by atoms with Gasteiger partial charge in [-0.25, -0.2) is 0 Å². The van der Waals surface area contributed by atoms with Crippen LogP contribution in [0.2, 0.25) is 0 Å². The van der Waals surface area contributed by atoms with Gasteiger partial charge < -0.3 is 4.90 Å². The van der Waals surface area contributed by atoms with Crippen LogP contribution in [0.5, 0.6) is 0 Å². The van der Waals surface area contributed by atoms with E-state index in [-0.39, 0.29) is 0 Å². The van der Waals surface area contributed by atoms with Crippen molar-refractivity contribution < 1.29 is 0 Å². The van der Waals surface area contributed by atoms with Crippen LogP contribution in [-0.4, -0.2) is 24.5 Å². The minimum atomic E-state index is 0.721. The van der Waals surface area contributed by atoms with E-state index in [2.05, 4.69) is 31.0 Å². The lowest BCUT2D eigenvalue weighted by atomic mass is 10.0. The van der Waals surface area contributed by atoms with Gasteiger partial charge >= 0.3 is 0 Å². The average molecular weight is 139 g/mol. The zero-order valence-electron chi connectivity index (χ0n) is 7.01. The van der Waals surface area contributed by atoms with E-state index in [0.717, 1.165) is 12.6 Å². The molecular weight excluding hydrogens is 122 g/mol. The van der Waals surface area contributed by atoms with Crippen molar-refractivity contribution >= 4 is 0 Å². The Labute approximate surface area is 63.7 Å². The van der Waals surface area contributed by atoms with E-state index in [4.69, 9.17) is 0 Å². The van der Waals surface area contributed by atoms with Crippen LogP contribution < -0.4 is 0 Å². The van der Waals surface area contributed by atoms with E-state index >= 15 is 0 Å². The molecule has 1 rings (SSSR count). The molecule has 0 radical (unpaired) electrons. The van der Waals surface area contributed by atoms with E-state index in [1.807, 2.05) is 0 Å². The van der Waals surface area contributed by atoms with Gasteiger partial charge in [0.1, 0.15) is 0 Å².